The predicted molar refractivity (Wildman–Crippen MR) is 80.8 cm³/mol. The highest BCUT2D eigenvalue weighted by Gasteiger charge is 2.30. The fourth-order valence-corrected chi connectivity index (χ4v) is 3.03. The molecule has 2 atom stereocenters. The topological polar surface area (TPSA) is 43.5 Å². The van der Waals surface area contributed by atoms with Crippen LogP contribution in [-0.2, 0) is 0 Å². The van der Waals surface area contributed by atoms with Crippen LogP contribution in [0.5, 0.6) is 0 Å². The van der Waals surface area contributed by atoms with Crippen LogP contribution in [0, 0.1) is 12.8 Å². The minimum Gasteiger partial charge on any atom is -0.508 e. The molecule has 3 nitrogen and oxygen atoms in total. The first-order valence-electron chi connectivity index (χ1n) is 6.66. The third-order valence-electron chi connectivity index (χ3n) is 4.02. The van der Waals surface area contributed by atoms with Crippen LogP contribution in [0.25, 0.3) is 5.76 Å². The van der Waals surface area contributed by atoms with Crippen LogP contribution >= 0.6 is 0 Å². The lowest BCUT2D eigenvalue weighted by Crippen LogP contribution is -2.17. The van der Waals surface area contributed by atoms with Crippen LogP contribution in [0.15, 0.2) is 42.2 Å². The summed E-state index contributed by atoms with van der Waals surface area (Å²) in [5, 5.41) is 20.0. The van der Waals surface area contributed by atoms with Crippen molar-refractivity contribution in [3.8, 4) is 0 Å². The van der Waals surface area contributed by atoms with Gasteiger partial charge in [0.2, 0.25) is 5.69 Å². The molecule has 3 heteroatoms. The van der Waals surface area contributed by atoms with Crippen molar-refractivity contribution in [3.05, 3.63) is 58.9 Å². The number of nitrogens with zero attached hydrogens (tertiary/aromatic N) is 1. The molecule has 0 amide bonds. The van der Waals surface area contributed by atoms with Crippen molar-refractivity contribution in [1.82, 2.24) is 0 Å². The Morgan fingerprint density at radius 3 is 2.65 bits per heavy atom. The number of fused-ring (bicyclic) bond motifs is 3. The third-order valence-corrected chi connectivity index (χ3v) is 4.02. The number of aliphatic hydroxyl groups excluding tert-OH is 2. The number of allylic oxidation sites excluding steroid dienone is 4. The average molecular weight is 268 g/mol. The molecule has 0 aliphatic heterocycles. The van der Waals surface area contributed by atoms with E-state index in [0.717, 1.165) is 22.4 Å². The van der Waals surface area contributed by atoms with Gasteiger partial charge in [0.25, 0.3) is 0 Å². The van der Waals surface area contributed by atoms with Gasteiger partial charge in [-0.25, -0.2) is 4.58 Å². The zero-order valence-corrected chi connectivity index (χ0v) is 11.7. The highest BCUT2D eigenvalue weighted by atomic mass is 16.3. The fourth-order valence-electron chi connectivity index (χ4n) is 3.03. The highest BCUT2D eigenvalue weighted by Crippen LogP contribution is 2.43. The Morgan fingerprint density at radius 2 is 1.95 bits per heavy atom. The van der Waals surface area contributed by atoms with Crippen molar-refractivity contribution in [2.45, 2.75) is 12.8 Å². The molecule has 0 heterocycles. The number of hydrogen-bond acceptors (Lipinski definition) is 2. The normalized spacial score (nSPS) is 23.5. The molecule has 2 aliphatic rings. The lowest BCUT2D eigenvalue weighted by Gasteiger charge is -2.29. The molecule has 0 radical (unpaired) electrons. The summed E-state index contributed by atoms with van der Waals surface area (Å²) >= 11 is 0. The molecule has 0 bridgehead atoms. The number of hydrogen-bond donors (Lipinski definition) is 2. The van der Waals surface area contributed by atoms with Crippen molar-refractivity contribution in [2.24, 2.45) is 5.92 Å². The smallest absolute Gasteiger partial charge is 0.207 e. The highest BCUT2D eigenvalue weighted by molar-refractivity contribution is 5.70. The Bertz CT molecular complexity index is 695. The predicted octanol–water partition coefficient (Wildman–Crippen LogP) is 3.59. The second-order valence-corrected chi connectivity index (χ2v) is 5.53. The monoisotopic (exact) mass is 268 g/mol. The summed E-state index contributed by atoms with van der Waals surface area (Å²) in [5.41, 5.74) is 3.97. The maximum atomic E-state index is 10.2. The van der Waals surface area contributed by atoms with Crippen molar-refractivity contribution in [2.75, 3.05) is 7.05 Å². The molecule has 0 aromatic heterocycles. The molecule has 2 N–H and O–H groups in total. The molecule has 0 spiro atoms. The van der Waals surface area contributed by atoms with Gasteiger partial charge in [-0.2, -0.15) is 0 Å². The van der Waals surface area contributed by atoms with Gasteiger partial charge in [0, 0.05) is 29.0 Å². The van der Waals surface area contributed by atoms with E-state index in [0.29, 0.717) is 5.76 Å². The van der Waals surface area contributed by atoms with Gasteiger partial charge < -0.3 is 10.2 Å². The molecule has 2 aliphatic carbocycles. The van der Waals surface area contributed by atoms with E-state index in [2.05, 4.69) is 12.8 Å². The number of benzene rings is 1. The Hall–Kier alpha value is -2.29. The van der Waals surface area contributed by atoms with E-state index in [4.69, 9.17) is 0 Å². The molecular weight excluding hydrogens is 250 g/mol. The Kier molecular flexibility index (Phi) is 2.78. The number of aliphatic hydroxyl groups is 2. The molecule has 0 saturated heterocycles. The van der Waals surface area contributed by atoms with Crippen LogP contribution in [0.4, 0.5) is 5.69 Å². The molecule has 1 aromatic carbocycles. The Labute approximate surface area is 118 Å². The van der Waals surface area contributed by atoms with Crippen molar-refractivity contribution in [3.63, 3.8) is 0 Å². The summed E-state index contributed by atoms with van der Waals surface area (Å²) < 4.78 is 1.82. The van der Waals surface area contributed by atoms with Crippen LogP contribution < -0.4 is 0 Å². The Morgan fingerprint density at radius 1 is 1.20 bits per heavy atom. The lowest BCUT2D eigenvalue weighted by molar-refractivity contribution is -0.395. The van der Waals surface area contributed by atoms with E-state index in [1.165, 1.54) is 0 Å². The Balaban J connectivity index is 2.23. The average Bonchev–Trinajstić information content (AvgIpc) is 2.39. The number of rotatable bonds is 1. The van der Waals surface area contributed by atoms with Gasteiger partial charge in [-0.05, 0) is 36.8 Å². The lowest BCUT2D eigenvalue weighted by atomic mass is 9.75. The van der Waals surface area contributed by atoms with E-state index in [1.807, 2.05) is 42.8 Å². The van der Waals surface area contributed by atoms with Crippen LogP contribution in [0.1, 0.15) is 22.6 Å². The summed E-state index contributed by atoms with van der Waals surface area (Å²) in [7, 11) is 1.90. The molecule has 2 unspecified atom stereocenters. The van der Waals surface area contributed by atoms with Crippen LogP contribution in [0.2, 0.25) is 0 Å². The van der Waals surface area contributed by atoms with Crippen LogP contribution in [0.3, 0.4) is 0 Å². The largest absolute Gasteiger partial charge is 0.508 e. The van der Waals surface area contributed by atoms with Gasteiger partial charge in [0.15, 0.2) is 0 Å². The summed E-state index contributed by atoms with van der Waals surface area (Å²) in [4.78, 5) is 0. The molecule has 0 fully saturated rings. The molecule has 1 aromatic rings. The quantitative estimate of drug-likeness (QED) is 0.604. The fraction of sp³-hybridized carbons (Fsp3) is 0.235. The number of aryl methyl sites for hydroxylation is 1. The van der Waals surface area contributed by atoms with Crippen molar-refractivity contribution in [1.29, 1.82) is 0 Å². The summed E-state index contributed by atoms with van der Waals surface area (Å²) in [5.74, 6) is 0.730. The molecule has 3 rings (SSSR count). The first kappa shape index (κ1) is 12.7. The van der Waals surface area contributed by atoms with E-state index in [1.54, 1.807) is 6.08 Å². The van der Waals surface area contributed by atoms with Gasteiger partial charge in [-0.3, -0.25) is 0 Å². The van der Waals surface area contributed by atoms with E-state index >= 15 is 0 Å². The van der Waals surface area contributed by atoms with E-state index < -0.39 is 0 Å². The SMILES string of the molecule is C=[N+](C)c1cc2c(cc1C)C(O)=CC1C=CC(O)=CC21. The van der Waals surface area contributed by atoms with E-state index in [9.17, 15) is 10.2 Å². The minimum absolute atomic E-state index is 0.0604. The van der Waals surface area contributed by atoms with Gasteiger partial charge >= 0.3 is 0 Å². The van der Waals surface area contributed by atoms with Crippen LogP contribution in [-0.4, -0.2) is 28.6 Å². The third kappa shape index (κ3) is 1.86. The minimum atomic E-state index is 0.0604. The summed E-state index contributed by atoms with van der Waals surface area (Å²) in [6, 6.07) is 4.04. The van der Waals surface area contributed by atoms with Crippen molar-refractivity contribution < 1.29 is 14.8 Å². The first-order chi connectivity index (χ1) is 9.47. The maximum Gasteiger partial charge on any atom is 0.207 e. The first-order valence-corrected chi connectivity index (χ1v) is 6.66. The molecule has 0 saturated carbocycles. The second kappa shape index (κ2) is 4.37. The van der Waals surface area contributed by atoms with Crippen molar-refractivity contribution >= 4 is 18.2 Å². The zero-order chi connectivity index (χ0) is 14.4. The van der Waals surface area contributed by atoms with Gasteiger partial charge in [0.1, 0.15) is 25.3 Å². The van der Waals surface area contributed by atoms with E-state index in [-0.39, 0.29) is 17.6 Å². The second-order valence-electron chi connectivity index (χ2n) is 5.53. The molecule has 20 heavy (non-hydrogen) atoms. The zero-order valence-electron chi connectivity index (χ0n) is 11.7. The standard InChI is InChI=1S/C17H17NO2/c1-10-6-15-14(9-16(10)18(2)3)13-8-12(19)5-4-11(13)7-17(15)20/h4-9,11,13H,2H2,1,3H3,(H-,19,20)/p+1. The maximum absolute atomic E-state index is 10.2. The molecule has 102 valence electrons. The molecular formula is C17H18NO2+. The summed E-state index contributed by atoms with van der Waals surface area (Å²) in [6.45, 7) is 5.94. The van der Waals surface area contributed by atoms with Gasteiger partial charge in [0.05, 0.1) is 0 Å². The van der Waals surface area contributed by atoms with Gasteiger partial charge in [-0.15, -0.1) is 0 Å². The van der Waals surface area contributed by atoms with Gasteiger partial charge in [-0.1, -0.05) is 6.08 Å². The summed E-state index contributed by atoms with van der Waals surface area (Å²) in [6.07, 6.45) is 7.29.